The molecule has 1 unspecified atom stereocenters. The predicted octanol–water partition coefficient (Wildman–Crippen LogP) is 6.99. The van der Waals surface area contributed by atoms with Crippen molar-refractivity contribution in [3.63, 3.8) is 0 Å². The zero-order valence-electron chi connectivity index (χ0n) is 23.4. The number of nitrogens with zero attached hydrogens (tertiary/aromatic N) is 5. The minimum Gasteiger partial charge on any atom is -0.444 e. The molecule has 5 rings (SSSR count). The van der Waals surface area contributed by atoms with E-state index in [0.29, 0.717) is 29.2 Å². The quantitative estimate of drug-likeness (QED) is 0.194. The van der Waals surface area contributed by atoms with Crippen LogP contribution in [0.25, 0.3) is 17.1 Å². The smallest absolute Gasteiger partial charge is 0.444 e. The van der Waals surface area contributed by atoms with Crippen molar-refractivity contribution in [1.82, 2.24) is 14.8 Å². The van der Waals surface area contributed by atoms with Gasteiger partial charge in [0, 0.05) is 5.56 Å². The van der Waals surface area contributed by atoms with Gasteiger partial charge in [0.05, 0.1) is 17.1 Å². The van der Waals surface area contributed by atoms with Gasteiger partial charge in [0.1, 0.15) is 18.7 Å². The first-order valence-electron chi connectivity index (χ1n) is 13.3. The van der Waals surface area contributed by atoms with Crippen LogP contribution in [-0.2, 0) is 16.0 Å². The summed E-state index contributed by atoms with van der Waals surface area (Å²) in [5, 5.41) is 4.50. The molecule has 4 aromatic rings. The lowest BCUT2D eigenvalue weighted by Crippen LogP contribution is -2.31. The summed E-state index contributed by atoms with van der Waals surface area (Å²) in [6.45, 7) is 3.26. The maximum absolute atomic E-state index is 14.9. The highest BCUT2D eigenvalue weighted by Gasteiger charge is 2.33. The molecule has 228 valence electrons. The number of halogens is 4. The number of hydrogen-bond acceptors (Lipinski definition) is 7. The molecule has 0 spiro atoms. The summed E-state index contributed by atoms with van der Waals surface area (Å²) in [7, 11) is 0. The maximum atomic E-state index is 14.9. The van der Waals surface area contributed by atoms with Gasteiger partial charge in [0.2, 0.25) is 5.91 Å². The Balaban J connectivity index is 1.20. The second-order valence-electron chi connectivity index (χ2n) is 9.57. The number of para-hydroxylation sites is 1. The Morgan fingerprint density at radius 2 is 1.82 bits per heavy atom. The third-order valence-electron chi connectivity index (χ3n) is 6.59. The van der Waals surface area contributed by atoms with E-state index in [0.717, 1.165) is 35.0 Å². The highest BCUT2D eigenvalue weighted by atomic mass is 32.2. The molecule has 1 aliphatic rings. The molecule has 0 radical (unpaired) electrons. The molecule has 1 aromatic heterocycles. The average Bonchev–Trinajstić information content (AvgIpc) is 3.62. The van der Waals surface area contributed by atoms with Crippen molar-refractivity contribution >= 4 is 34.6 Å². The molecule has 0 aliphatic carbocycles. The van der Waals surface area contributed by atoms with E-state index in [1.807, 2.05) is 32.0 Å². The van der Waals surface area contributed by atoms with Crippen molar-refractivity contribution in [1.29, 1.82) is 0 Å². The molecule has 44 heavy (non-hydrogen) atoms. The first-order chi connectivity index (χ1) is 21.0. The number of anilines is 1. The Morgan fingerprint density at radius 1 is 1.09 bits per heavy atom. The molecule has 14 heteroatoms. The van der Waals surface area contributed by atoms with Crippen LogP contribution >= 0.6 is 11.8 Å². The van der Waals surface area contributed by atoms with Gasteiger partial charge in [-0.3, -0.25) is 9.69 Å². The Kier molecular flexibility index (Phi) is 8.99. The van der Waals surface area contributed by atoms with Crippen molar-refractivity contribution in [2.24, 2.45) is 4.99 Å². The Bertz CT molecular complexity index is 1690. The van der Waals surface area contributed by atoms with E-state index in [2.05, 4.69) is 19.8 Å². The van der Waals surface area contributed by atoms with Gasteiger partial charge in [-0.15, -0.1) is 18.3 Å². The van der Waals surface area contributed by atoms with Gasteiger partial charge in [0.15, 0.2) is 17.2 Å². The second-order valence-corrected chi connectivity index (χ2v) is 10.5. The van der Waals surface area contributed by atoms with Gasteiger partial charge in [0.25, 0.3) is 0 Å². The van der Waals surface area contributed by atoms with Gasteiger partial charge in [-0.2, -0.15) is 4.99 Å². The molecular formula is C30H25F4N5O4S. The molecule has 1 saturated heterocycles. The van der Waals surface area contributed by atoms with E-state index >= 15 is 0 Å². The number of alkyl halides is 4. The van der Waals surface area contributed by atoms with Crippen LogP contribution in [0.5, 0.6) is 5.75 Å². The van der Waals surface area contributed by atoms with Crippen molar-refractivity contribution in [2.45, 2.75) is 32.8 Å². The SMILES string of the molecule is CCc1cccc(C)c1N1C(=O)CS/C1=N\C(=O)OCC(F)c1ccc(-c2ncn(-c3ccc(OC(F)(F)F)cc3)n2)cc1. The van der Waals surface area contributed by atoms with Crippen LogP contribution < -0.4 is 9.64 Å². The fourth-order valence-electron chi connectivity index (χ4n) is 4.50. The van der Waals surface area contributed by atoms with Crippen LogP contribution in [0.15, 0.2) is 78.0 Å². The number of aromatic nitrogens is 3. The standard InChI is InChI=1S/C30H25F4N5O4S/c1-3-19-6-4-5-18(2)26(19)39-25(40)16-44-28(39)36-29(41)42-15-24(31)20-7-9-21(10-8-20)27-35-17-38(37-27)22-11-13-23(14-12-22)43-30(32,33)34/h4-14,17,24H,3,15-16H2,1-2H3/b36-28-. The number of carbonyl (C=O) groups is 2. The fourth-order valence-corrected chi connectivity index (χ4v) is 5.34. The van der Waals surface area contributed by atoms with Crippen molar-refractivity contribution in [2.75, 3.05) is 17.3 Å². The zero-order valence-corrected chi connectivity index (χ0v) is 24.2. The van der Waals surface area contributed by atoms with Crippen LogP contribution in [0.2, 0.25) is 0 Å². The van der Waals surface area contributed by atoms with Crippen LogP contribution in [0.3, 0.4) is 0 Å². The number of amidine groups is 1. The van der Waals surface area contributed by atoms with Crippen LogP contribution in [-0.4, -0.2) is 50.7 Å². The predicted molar refractivity (Wildman–Crippen MR) is 157 cm³/mol. The first kappa shape index (κ1) is 30.7. The molecule has 1 aliphatic heterocycles. The average molecular weight is 628 g/mol. The third kappa shape index (κ3) is 7.08. The van der Waals surface area contributed by atoms with E-state index in [9.17, 15) is 27.2 Å². The normalized spacial score (nSPS) is 15.1. The Morgan fingerprint density at radius 3 is 2.50 bits per heavy atom. The molecule has 0 saturated carbocycles. The van der Waals surface area contributed by atoms with E-state index in [-0.39, 0.29) is 28.1 Å². The molecular weight excluding hydrogens is 602 g/mol. The lowest BCUT2D eigenvalue weighted by molar-refractivity contribution is -0.274. The van der Waals surface area contributed by atoms with Gasteiger partial charge in [-0.05, 0) is 54.3 Å². The molecule has 0 N–H and O–H groups in total. The lowest BCUT2D eigenvalue weighted by atomic mass is 10.0. The summed E-state index contributed by atoms with van der Waals surface area (Å²) in [4.78, 5) is 34.7. The van der Waals surface area contributed by atoms with Gasteiger partial charge >= 0.3 is 12.5 Å². The minimum atomic E-state index is -4.79. The number of amides is 2. The Hall–Kier alpha value is -4.72. The molecule has 1 fully saturated rings. The maximum Gasteiger partial charge on any atom is 0.573 e. The largest absolute Gasteiger partial charge is 0.573 e. The number of benzene rings is 3. The van der Waals surface area contributed by atoms with Crippen LogP contribution in [0.4, 0.5) is 28.0 Å². The number of carbonyl (C=O) groups excluding carboxylic acids is 2. The molecule has 2 heterocycles. The highest BCUT2D eigenvalue weighted by Crippen LogP contribution is 2.33. The molecule has 9 nitrogen and oxygen atoms in total. The summed E-state index contributed by atoms with van der Waals surface area (Å²) in [6.07, 6.45) is -5.37. The third-order valence-corrected chi connectivity index (χ3v) is 7.51. The monoisotopic (exact) mass is 627 g/mol. The lowest BCUT2D eigenvalue weighted by Gasteiger charge is -2.21. The number of aryl methyl sites for hydroxylation is 2. The number of thioether (sulfide) groups is 1. The van der Waals surface area contributed by atoms with Gasteiger partial charge < -0.3 is 9.47 Å². The van der Waals surface area contributed by atoms with E-state index in [1.54, 1.807) is 12.1 Å². The minimum absolute atomic E-state index is 0.123. The Labute approximate surface area is 253 Å². The fraction of sp³-hybridized carbons (Fsp3) is 0.233. The second kappa shape index (κ2) is 12.9. The van der Waals surface area contributed by atoms with Crippen molar-refractivity contribution < 1.29 is 36.6 Å². The van der Waals surface area contributed by atoms with Gasteiger partial charge in [-0.25, -0.2) is 18.9 Å². The summed E-state index contributed by atoms with van der Waals surface area (Å²) in [6, 6.07) is 17.0. The zero-order chi connectivity index (χ0) is 31.4. The first-order valence-corrected chi connectivity index (χ1v) is 14.3. The molecule has 0 bridgehead atoms. The summed E-state index contributed by atoms with van der Waals surface area (Å²) in [5.74, 6) is -0.143. The van der Waals surface area contributed by atoms with Crippen LogP contribution in [0.1, 0.15) is 29.8 Å². The van der Waals surface area contributed by atoms with E-state index in [4.69, 9.17) is 4.74 Å². The molecule has 2 amide bonds. The number of aliphatic imine (C=N–C) groups is 1. The van der Waals surface area contributed by atoms with Gasteiger partial charge in [-0.1, -0.05) is 61.2 Å². The molecule has 3 aromatic carbocycles. The van der Waals surface area contributed by atoms with Crippen molar-refractivity contribution in [3.8, 4) is 22.8 Å². The molecule has 1 atom stereocenters. The summed E-state index contributed by atoms with van der Waals surface area (Å²) < 4.78 is 62.4. The number of hydrogen-bond donors (Lipinski definition) is 0. The number of ether oxygens (including phenoxy) is 2. The van der Waals surface area contributed by atoms with Crippen molar-refractivity contribution in [3.05, 3.63) is 89.7 Å². The van der Waals surface area contributed by atoms with E-state index < -0.39 is 25.2 Å². The van der Waals surface area contributed by atoms with E-state index in [1.165, 1.54) is 40.2 Å². The van der Waals surface area contributed by atoms with Crippen LogP contribution in [0, 0.1) is 6.92 Å². The topological polar surface area (TPSA) is 98.9 Å². The number of rotatable bonds is 8. The summed E-state index contributed by atoms with van der Waals surface area (Å²) in [5.41, 5.74) is 3.75. The highest BCUT2D eigenvalue weighted by molar-refractivity contribution is 8.15. The summed E-state index contributed by atoms with van der Waals surface area (Å²) >= 11 is 1.11.